The lowest BCUT2D eigenvalue weighted by Gasteiger charge is -2.22. The number of rotatable bonds is 8. The Bertz CT molecular complexity index is 1560. The lowest BCUT2D eigenvalue weighted by atomic mass is 9.87. The summed E-state index contributed by atoms with van der Waals surface area (Å²) in [6, 6.07) is 16.4. The molecule has 0 spiro atoms. The number of pyridine rings is 1. The number of ketones is 1. The Hall–Kier alpha value is -4.49. The van der Waals surface area contributed by atoms with Gasteiger partial charge in [0.1, 0.15) is 16.8 Å². The van der Waals surface area contributed by atoms with Gasteiger partial charge in [-0.15, -0.1) is 0 Å². The standard InChI is InChI=1S/C31H27N3O6S/c1-18-3-12-25-21(13-18)14-22(16-32)29(33-25)41-27-15-28(36)34(30(27)37)23-8-4-20(5-9-23)31(38)40-17-26(35)19-6-10-24(39-2)11-7-19/h4-11,14,18,27H,3,12-13,15,17H2,1-2H3. The second-order valence-corrected chi connectivity index (χ2v) is 11.3. The van der Waals surface area contributed by atoms with Crippen molar-refractivity contribution in [3.05, 3.63) is 82.5 Å². The predicted octanol–water partition coefficient (Wildman–Crippen LogP) is 4.55. The highest BCUT2D eigenvalue weighted by Crippen LogP contribution is 2.36. The molecular weight excluding hydrogens is 542 g/mol. The maximum atomic E-state index is 13.3. The Morgan fingerprint density at radius 1 is 1.07 bits per heavy atom. The molecular formula is C31H27N3O6S. The van der Waals surface area contributed by atoms with Crippen LogP contribution >= 0.6 is 11.8 Å². The Morgan fingerprint density at radius 2 is 1.78 bits per heavy atom. The van der Waals surface area contributed by atoms with Crippen LogP contribution in [-0.4, -0.2) is 47.5 Å². The zero-order chi connectivity index (χ0) is 29.1. The first-order chi connectivity index (χ1) is 19.8. The van der Waals surface area contributed by atoms with Gasteiger partial charge in [-0.3, -0.25) is 14.4 Å². The fraction of sp³-hybridized carbons (Fsp3) is 0.290. The second-order valence-electron chi connectivity index (χ2n) is 10.1. The number of benzene rings is 2. The van der Waals surface area contributed by atoms with E-state index in [1.54, 1.807) is 24.3 Å². The molecule has 9 nitrogen and oxygen atoms in total. The molecule has 1 aliphatic heterocycles. The first kappa shape index (κ1) is 28.1. The van der Waals surface area contributed by atoms with Crippen molar-refractivity contribution in [2.75, 3.05) is 18.6 Å². The zero-order valence-electron chi connectivity index (χ0n) is 22.6. The minimum absolute atomic E-state index is 0.0264. The molecule has 0 radical (unpaired) electrons. The third kappa shape index (κ3) is 6.00. The van der Waals surface area contributed by atoms with Gasteiger partial charge in [0, 0.05) is 17.7 Å². The van der Waals surface area contributed by atoms with Gasteiger partial charge in [0.25, 0.3) is 0 Å². The van der Waals surface area contributed by atoms with Gasteiger partial charge < -0.3 is 9.47 Å². The molecule has 2 atom stereocenters. The van der Waals surface area contributed by atoms with Crippen molar-refractivity contribution in [1.29, 1.82) is 5.26 Å². The van der Waals surface area contributed by atoms with E-state index in [4.69, 9.17) is 14.5 Å². The predicted molar refractivity (Wildman–Crippen MR) is 151 cm³/mol. The molecule has 2 aromatic carbocycles. The highest BCUT2D eigenvalue weighted by molar-refractivity contribution is 8.00. The maximum absolute atomic E-state index is 13.3. The topological polar surface area (TPSA) is 127 Å². The summed E-state index contributed by atoms with van der Waals surface area (Å²) in [5.41, 5.74) is 3.31. The van der Waals surface area contributed by atoms with E-state index < -0.39 is 23.7 Å². The summed E-state index contributed by atoms with van der Waals surface area (Å²) < 4.78 is 10.2. The fourth-order valence-corrected chi connectivity index (χ4v) is 6.02. The second kappa shape index (κ2) is 11.9. The fourth-order valence-electron chi connectivity index (χ4n) is 4.92. The van der Waals surface area contributed by atoms with Gasteiger partial charge in [-0.25, -0.2) is 14.7 Å². The van der Waals surface area contributed by atoms with E-state index in [0.29, 0.717) is 33.5 Å². The van der Waals surface area contributed by atoms with Crippen LogP contribution in [0.4, 0.5) is 5.69 Å². The first-order valence-corrected chi connectivity index (χ1v) is 14.1. The molecule has 3 aromatic rings. The van der Waals surface area contributed by atoms with E-state index in [1.807, 2.05) is 6.07 Å². The summed E-state index contributed by atoms with van der Waals surface area (Å²) in [6.07, 6.45) is 2.69. The number of thioether (sulfide) groups is 1. The lowest BCUT2D eigenvalue weighted by Crippen LogP contribution is -2.31. The average molecular weight is 570 g/mol. The molecule has 1 saturated heterocycles. The smallest absolute Gasteiger partial charge is 0.338 e. The monoisotopic (exact) mass is 569 g/mol. The number of nitrogens with zero attached hydrogens (tertiary/aromatic N) is 3. The first-order valence-electron chi connectivity index (χ1n) is 13.2. The molecule has 2 unspecified atom stereocenters. The van der Waals surface area contributed by atoms with Gasteiger partial charge >= 0.3 is 5.97 Å². The van der Waals surface area contributed by atoms with E-state index >= 15 is 0 Å². The number of Topliss-reactive ketones (excluding diaryl/α,β-unsaturated/α-hetero) is 1. The Kier molecular flexibility index (Phi) is 8.17. The molecule has 2 aliphatic rings. The summed E-state index contributed by atoms with van der Waals surface area (Å²) in [4.78, 5) is 56.7. The number of amides is 2. The van der Waals surface area contributed by atoms with Crippen molar-refractivity contribution in [3.63, 3.8) is 0 Å². The number of hydrogen-bond acceptors (Lipinski definition) is 9. The van der Waals surface area contributed by atoms with Crippen LogP contribution < -0.4 is 9.64 Å². The van der Waals surface area contributed by atoms with Crippen molar-refractivity contribution in [3.8, 4) is 11.8 Å². The number of imide groups is 1. The normalized spacial score (nSPS) is 18.0. The van der Waals surface area contributed by atoms with E-state index in [0.717, 1.165) is 47.2 Å². The van der Waals surface area contributed by atoms with Crippen molar-refractivity contribution in [2.24, 2.45) is 5.92 Å². The third-order valence-electron chi connectivity index (χ3n) is 7.19. The minimum Gasteiger partial charge on any atom is -0.497 e. The minimum atomic E-state index is -0.712. The van der Waals surface area contributed by atoms with Crippen LogP contribution in [0.1, 0.15) is 57.3 Å². The summed E-state index contributed by atoms with van der Waals surface area (Å²) in [5.74, 6) is -0.710. The van der Waals surface area contributed by atoms with Gasteiger partial charge in [-0.05, 0) is 85.3 Å². The largest absolute Gasteiger partial charge is 0.497 e. The van der Waals surface area contributed by atoms with Crippen LogP contribution in [0.5, 0.6) is 5.75 Å². The van der Waals surface area contributed by atoms with Crippen LogP contribution in [-0.2, 0) is 27.2 Å². The van der Waals surface area contributed by atoms with E-state index in [9.17, 15) is 24.4 Å². The Morgan fingerprint density at radius 3 is 2.46 bits per heavy atom. The SMILES string of the molecule is COc1ccc(C(=O)COC(=O)c2ccc(N3C(=O)CC(Sc4nc5c(cc4C#N)CC(C)CC5)C3=O)cc2)cc1. The molecule has 0 N–H and O–H groups in total. The number of aromatic nitrogens is 1. The van der Waals surface area contributed by atoms with Gasteiger partial charge in [-0.2, -0.15) is 5.26 Å². The number of ether oxygens (including phenoxy) is 2. The molecule has 2 heterocycles. The Balaban J connectivity index is 1.23. The number of fused-ring (bicyclic) bond motifs is 1. The number of methoxy groups -OCH3 is 1. The number of aryl methyl sites for hydroxylation is 1. The van der Waals surface area contributed by atoms with Crippen molar-refractivity contribution < 1.29 is 28.7 Å². The molecule has 208 valence electrons. The van der Waals surface area contributed by atoms with Crippen molar-refractivity contribution in [2.45, 2.75) is 42.9 Å². The molecule has 41 heavy (non-hydrogen) atoms. The number of hydrogen-bond donors (Lipinski definition) is 0. The van der Waals surface area contributed by atoms with Crippen LogP contribution in [0.15, 0.2) is 59.6 Å². The molecule has 1 aromatic heterocycles. The third-order valence-corrected chi connectivity index (χ3v) is 8.37. The molecule has 2 amide bonds. The van der Waals surface area contributed by atoms with E-state index in [1.165, 1.54) is 31.4 Å². The van der Waals surface area contributed by atoms with Crippen LogP contribution in [0, 0.1) is 17.2 Å². The van der Waals surface area contributed by atoms with E-state index in [-0.39, 0.29) is 23.7 Å². The Labute approximate surface area is 241 Å². The summed E-state index contributed by atoms with van der Waals surface area (Å²) >= 11 is 1.15. The summed E-state index contributed by atoms with van der Waals surface area (Å²) in [6.45, 7) is 1.74. The quantitative estimate of drug-likeness (QED) is 0.218. The van der Waals surface area contributed by atoms with Crippen LogP contribution in [0.25, 0.3) is 0 Å². The van der Waals surface area contributed by atoms with Crippen molar-refractivity contribution in [1.82, 2.24) is 4.98 Å². The molecule has 0 bridgehead atoms. The lowest BCUT2D eigenvalue weighted by molar-refractivity contribution is -0.121. The molecule has 10 heteroatoms. The van der Waals surface area contributed by atoms with Gasteiger partial charge in [0.05, 0.1) is 29.2 Å². The molecule has 1 aliphatic carbocycles. The number of nitriles is 1. The molecule has 1 fully saturated rings. The molecule has 5 rings (SSSR count). The van der Waals surface area contributed by atoms with Gasteiger partial charge in [-0.1, -0.05) is 18.7 Å². The summed E-state index contributed by atoms with van der Waals surface area (Å²) in [5, 5.41) is 9.45. The summed E-state index contributed by atoms with van der Waals surface area (Å²) in [7, 11) is 1.52. The molecule has 0 saturated carbocycles. The number of carbonyl (C=O) groups excluding carboxylic acids is 4. The highest BCUT2D eigenvalue weighted by Gasteiger charge is 2.41. The van der Waals surface area contributed by atoms with E-state index in [2.05, 4.69) is 13.0 Å². The van der Waals surface area contributed by atoms with Crippen LogP contribution in [0.2, 0.25) is 0 Å². The van der Waals surface area contributed by atoms with Crippen LogP contribution in [0.3, 0.4) is 0 Å². The highest BCUT2D eigenvalue weighted by atomic mass is 32.2. The number of esters is 1. The number of carbonyl (C=O) groups is 4. The zero-order valence-corrected chi connectivity index (χ0v) is 23.4. The van der Waals surface area contributed by atoms with Crippen molar-refractivity contribution >= 4 is 41.0 Å². The average Bonchev–Trinajstić information content (AvgIpc) is 3.27. The van der Waals surface area contributed by atoms with Gasteiger partial charge in [0.2, 0.25) is 11.8 Å². The number of anilines is 1. The maximum Gasteiger partial charge on any atom is 0.338 e. The van der Waals surface area contributed by atoms with Gasteiger partial charge in [0.15, 0.2) is 12.4 Å².